The molecule has 0 spiro atoms. The number of nitriles is 1. The second-order valence-electron chi connectivity index (χ2n) is 8.22. The molecule has 2 N–H and O–H groups in total. The maximum atomic E-state index is 13.5. The van der Waals surface area contributed by atoms with Crippen LogP contribution in [-0.2, 0) is 11.8 Å². The molecule has 2 saturated carbocycles. The Balaban J connectivity index is 1.49. The molecule has 2 aliphatic carbocycles. The van der Waals surface area contributed by atoms with Gasteiger partial charge in [0.15, 0.2) is 0 Å². The first-order valence-corrected chi connectivity index (χ1v) is 10.2. The third-order valence-corrected chi connectivity index (χ3v) is 6.19. The molecule has 152 valence electrons. The van der Waals surface area contributed by atoms with Crippen LogP contribution in [0.4, 0.5) is 4.39 Å². The van der Waals surface area contributed by atoms with Crippen molar-refractivity contribution in [3.05, 3.63) is 35.8 Å². The quantitative estimate of drug-likeness (QED) is 0.814. The van der Waals surface area contributed by atoms with E-state index in [0.717, 1.165) is 37.6 Å². The summed E-state index contributed by atoms with van der Waals surface area (Å²) in [5, 5.41) is 15.9. The second-order valence-corrected chi connectivity index (χ2v) is 8.22. The van der Waals surface area contributed by atoms with Crippen LogP contribution in [0, 0.1) is 29.0 Å². The van der Waals surface area contributed by atoms with E-state index in [1.165, 1.54) is 12.1 Å². The summed E-state index contributed by atoms with van der Waals surface area (Å²) in [5.41, 5.74) is 1.21. The Kier molecular flexibility index (Phi) is 5.27. The van der Waals surface area contributed by atoms with E-state index in [4.69, 9.17) is 0 Å². The van der Waals surface area contributed by atoms with Crippen LogP contribution in [0.25, 0.3) is 10.9 Å². The van der Waals surface area contributed by atoms with Crippen molar-refractivity contribution >= 4 is 22.7 Å². The molecule has 0 radical (unpaired) electrons. The van der Waals surface area contributed by atoms with Gasteiger partial charge in [0.2, 0.25) is 5.91 Å². The average molecular weight is 396 g/mol. The van der Waals surface area contributed by atoms with Crippen molar-refractivity contribution in [2.45, 2.75) is 50.6 Å². The molecule has 2 amide bonds. The van der Waals surface area contributed by atoms with E-state index in [2.05, 4.69) is 16.7 Å². The highest BCUT2D eigenvalue weighted by Gasteiger charge is 2.37. The topological polar surface area (TPSA) is 86.9 Å². The molecule has 4 rings (SSSR count). The van der Waals surface area contributed by atoms with Crippen molar-refractivity contribution in [1.29, 1.82) is 5.26 Å². The fourth-order valence-electron chi connectivity index (χ4n) is 4.34. The number of nitrogens with zero attached hydrogens (tertiary/aromatic N) is 2. The predicted molar refractivity (Wildman–Crippen MR) is 106 cm³/mol. The van der Waals surface area contributed by atoms with Crippen molar-refractivity contribution in [1.82, 2.24) is 15.2 Å². The van der Waals surface area contributed by atoms with Crippen molar-refractivity contribution in [2.24, 2.45) is 18.9 Å². The van der Waals surface area contributed by atoms with Gasteiger partial charge in [-0.2, -0.15) is 5.26 Å². The zero-order valence-electron chi connectivity index (χ0n) is 16.5. The molecule has 6 nitrogen and oxygen atoms in total. The molecule has 2 fully saturated rings. The summed E-state index contributed by atoms with van der Waals surface area (Å²) >= 11 is 0. The van der Waals surface area contributed by atoms with Crippen LogP contribution in [0.5, 0.6) is 0 Å². The molecular weight excluding hydrogens is 371 g/mol. The van der Waals surface area contributed by atoms with Crippen LogP contribution < -0.4 is 10.6 Å². The standard InChI is InChI=1S/C22H25FN4O2/c1-27-19-9-8-15(23)10-14(19)11-20(27)22(29)25-17-5-3-2-4-16(17)21(28)26-18(12-24)13-6-7-13/h8-11,13,16-18H,2-7H2,1H3,(H,25,29)(H,26,28). The minimum absolute atomic E-state index is 0.146. The first kappa shape index (κ1) is 19.4. The highest BCUT2D eigenvalue weighted by Crippen LogP contribution is 2.33. The van der Waals surface area contributed by atoms with Gasteiger partial charge in [0, 0.05) is 24.0 Å². The highest BCUT2D eigenvalue weighted by molar-refractivity contribution is 5.99. The SMILES string of the molecule is Cn1c(C(=O)NC2CCCCC2C(=O)NC(C#N)C2CC2)cc2cc(F)ccc21. The largest absolute Gasteiger partial charge is 0.347 e. The number of aryl methyl sites for hydroxylation is 1. The molecule has 0 aliphatic heterocycles. The van der Waals surface area contributed by atoms with Crippen LogP contribution in [-0.4, -0.2) is 28.5 Å². The molecule has 3 atom stereocenters. The van der Waals surface area contributed by atoms with Crippen LogP contribution in [0.2, 0.25) is 0 Å². The Labute approximate surface area is 169 Å². The van der Waals surface area contributed by atoms with Crippen LogP contribution in [0.15, 0.2) is 24.3 Å². The number of hydrogen-bond acceptors (Lipinski definition) is 3. The van der Waals surface area contributed by atoms with Crippen molar-refractivity contribution in [3.63, 3.8) is 0 Å². The van der Waals surface area contributed by atoms with Gasteiger partial charge in [-0.1, -0.05) is 12.8 Å². The van der Waals surface area contributed by atoms with Gasteiger partial charge in [-0.15, -0.1) is 0 Å². The van der Waals surface area contributed by atoms with E-state index < -0.39 is 6.04 Å². The molecule has 1 aromatic carbocycles. The smallest absolute Gasteiger partial charge is 0.268 e. The third-order valence-electron chi connectivity index (χ3n) is 6.19. The van der Waals surface area contributed by atoms with E-state index in [1.54, 1.807) is 23.7 Å². The monoisotopic (exact) mass is 396 g/mol. The number of aromatic nitrogens is 1. The van der Waals surface area contributed by atoms with Crippen LogP contribution in [0.1, 0.15) is 49.0 Å². The molecule has 2 aromatic rings. The van der Waals surface area contributed by atoms with Gasteiger partial charge >= 0.3 is 0 Å². The number of nitrogens with one attached hydrogen (secondary N) is 2. The molecule has 7 heteroatoms. The summed E-state index contributed by atoms with van der Waals surface area (Å²) in [7, 11) is 1.77. The molecule has 1 heterocycles. The van der Waals surface area contributed by atoms with Crippen molar-refractivity contribution < 1.29 is 14.0 Å². The lowest BCUT2D eigenvalue weighted by Crippen LogP contribution is -2.50. The van der Waals surface area contributed by atoms with Gasteiger partial charge in [-0.05, 0) is 55.9 Å². The minimum atomic E-state index is -0.436. The molecule has 29 heavy (non-hydrogen) atoms. The zero-order chi connectivity index (χ0) is 20.5. The summed E-state index contributed by atoms with van der Waals surface area (Å²) in [6, 6.07) is 7.58. The van der Waals surface area contributed by atoms with Crippen LogP contribution >= 0.6 is 0 Å². The Bertz CT molecular complexity index is 989. The Morgan fingerprint density at radius 2 is 1.97 bits per heavy atom. The lowest BCUT2D eigenvalue weighted by Gasteiger charge is -2.31. The highest BCUT2D eigenvalue weighted by atomic mass is 19.1. The van der Waals surface area contributed by atoms with Gasteiger partial charge in [0.1, 0.15) is 17.6 Å². The molecule has 0 saturated heterocycles. The first-order valence-electron chi connectivity index (χ1n) is 10.2. The molecule has 1 aromatic heterocycles. The first-order chi connectivity index (χ1) is 14.0. The van der Waals surface area contributed by atoms with Gasteiger partial charge in [-0.3, -0.25) is 9.59 Å². The van der Waals surface area contributed by atoms with Crippen molar-refractivity contribution in [2.75, 3.05) is 0 Å². The number of carbonyl (C=O) groups is 2. The molecule has 0 bridgehead atoms. The number of rotatable bonds is 5. The summed E-state index contributed by atoms with van der Waals surface area (Å²) in [4.78, 5) is 25.8. The molecular formula is C22H25FN4O2. The Morgan fingerprint density at radius 3 is 2.69 bits per heavy atom. The zero-order valence-corrected chi connectivity index (χ0v) is 16.5. The fourth-order valence-corrected chi connectivity index (χ4v) is 4.34. The number of halogens is 1. The third kappa shape index (κ3) is 3.98. The summed E-state index contributed by atoms with van der Waals surface area (Å²) in [5.74, 6) is -0.839. The summed E-state index contributed by atoms with van der Waals surface area (Å²) < 4.78 is 15.2. The number of fused-ring (bicyclic) bond motifs is 1. The van der Waals surface area contributed by atoms with E-state index >= 15 is 0 Å². The summed E-state index contributed by atoms with van der Waals surface area (Å²) in [6.45, 7) is 0. The van der Waals surface area contributed by atoms with Gasteiger partial charge in [0.05, 0.1) is 12.0 Å². The van der Waals surface area contributed by atoms with Gasteiger partial charge < -0.3 is 15.2 Å². The lowest BCUT2D eigenvalue weighted by molar-refractivity contribution is -0.127. The van der Waals surface area contributed by atoms with E-state index in [1.807, 2.05) is 0 Å². The second kappa shape index (κ2) is 7.86. The van der Waals surface area contributed by atoms with E-state index in [9.17, 15) is 19.2 Å². The number of hydrogen-bond donors (Lipinski definition) is 2. The number of amides is 2. The number of benzene rings is 1. The fraction of sp³-hybridized carbons (Fsp3) is 0.500. The van der Waals surface area contributed by atoms with E-state index in [-0.39, 0.29) is 35.5 Å². The van der Waals surface area contributed by atoms with Crippen LogP contribution in [0.3, 0.4) is 0 Å². The molecule has 3 unspecified atom stereocenters. The van der Waals surface area contributed by atoms with Gasteiger partial charge in [-0.25, -0.2) is 4.39 Å². The van der Waals surface area contributed by atoms with Gasteiger partial charge in [0.25, 0.3) is 5.91 Å². The maximum Gasteiger partial charge on any atom is 0.268 e. The Hall–Kier alpha value is -2.88. The minimum Gasteiger partial charge on any atom is -0.347 e. The molecule has 2 aliphatic rings. The van der Waals surface area contributed by atoms with E-state index in [0.29, 0.717) is 17.5 Å². The maximum absolute atomic E-state index is 13.5. The normalized spacial score (nSPS) is 22.7. The Morgan fingerprint density at radius 1 is 1.21 bits per heavy atom. The lowest BCUT2D eigenvalue weighted by atomic mass is 9.83. The van der Waals surface area contributed by atoms with Crippen molar-refractivity contribution in [3.8, 4) is 6.07 Å². The summed E-state index contributed by atoms with van der Waals surface area (Å²) in [6.07, 6.45) is 5.25. The average Bonchev–Trinajstić information content (AvgIpc) is 3.50. The number of carbonyl (C=O) groups excluding carboxylic acids is 2. The predicted octanol–water partition coefficient (Wildman–Crippen LogP) is 3.02.